The number of Topliss-reactive ketones (excluding diaryl/α,β-unsaturated/α-hetero) is 1. The van der Waals surface area contributed by atoms with Crippen molar-refractivity contribution in [3.8, 4) is 0 Å². The van der Waals surface area contributed by atoms with Crippen LogP contribution in [0.3, 0.4) is 0 Å². The van der Waals surface area contributed by atoms with Crippen molar-refractivity contribution in [1.29, 1.82) is 0 Å². The summed E-state index contributed by atoms with van der Waals surface area (Å²) >= 11 is 0. The number of aryl methyl sites for hydroxylation is 2. The number of rotatable bonds is 4. The molecule has 0 atom stereocenters. The van der Waals surface area contributed by atoms with E-state index in [-0.39, 0.29) is 5.78 Å². The molecule has 2 aliphatic carbocycles. The molecule has 1 saturated carbocycles. The van der Waals surface area contributed by atoms with Crippen LogP contribution >= 0.6 is 0 Å². The minimum Gasteiger partial charge on any atom is -0.307 e. The van der Waals surface area contributed by atoms with Gasteiger partial charge in [-0.3, -0.25) is 4.79 Å². The first-order valence-electron chi connectivity index (χ1n) is 7.21. The number of hydrogen-bond donors (Lipinski definition) is 1. The Labute approximate surface area is 109 Å². The maximum Gasteiger partial charge on any atom is 0.176 e. The summed E-state index contributed by atoms with van der Waals surface area (Å²) in [6.07, 6.45) is 8.66. The third-order valence-corrected chi connectivity index (χ3v) is 4.33. The van der Waals surface area contributed by atoms with Crippen LogP contribution in [0.1, 0.15) is 53.6 Å². The van der Waals surface area contributed by atoms with Crippen molar-refractivity contribution in [3.05, 3.63) is 34.9 Å². The van der Waals surface area contributed by atoms with Crippen LogP contribution in [-0.2, 0) is 12.8 Å². The molecule has 0 bridgehead atoms. The highest BCUT2D eigenvalue weighted by atomic mass is 16.1. The van der Waals surface area contributed by atoms with Gasteiger partial charge in [-0.1, -0.05) is 25.0 Å². The van der Waals surface area contributed by atoms with E-state index in [1.807, 2.05) is 6.07 Å². The highest BCUT2D eigenvalue weighted by molar-refractivity contribution is 5.97. The van der Waals surface area contributed by atoms with Gasteiger partial charge in [0.05, 0.1) is 6.54 Å². The molecule has 0 amide bonds. The smallest absolute Gasteiger partial charge is 0.176 e. The fourth-order valence-electron chi connectivity index (χ4n) is 3.21. The van der Waals surface area contributed by atoms with Gasteiger partial charge in [0.15, 0.2) is 5.78 Å². The fraction of sp³-hybridized carbons (Fsp3) is 0.562. The van der Waals surface area contributed by atoms with E-state index >= 15 is 0 Å². The zero-order valence-electron chi connectivity index (χ0n) is 10.9. The predicted octanol–water partition coefficient (Wildman–Crippen LogP) is 2.89. The molecule has 1 fully saturated rings. The maximum absolute atomic E-state index is 12.1. The Balaban J connectivity index is 1.61. The summed E-state index contributed by atoms with van der Waals surface area (Å²) in [5.41, 5.74) is 3.72. The quantitative estimate of drug-likeness (QED) is 0.824. The summed E-state index contributed by atoms with van der Waals surface area (Å²) in [4.78, 5) is 12.1. The van der Waals surface area contributed by atoms with Crippen molar-refractivity contribution >= 4 is 5.78 Å². The van der Waals surface area contributed by atoms with Crippen LogP contribution in [0.5, 0.6) is 0 Å². The third-order valence-electron chi connectivity index (χ3n) is 4.33. The first-order chi connectivity index (χ1) is 8.83. The zero-order valence-corrected chi connectivity index (χ0v) is 10.9. The summed E-state index contributed by atoms with van der Waals surface area (Å²) in [5.74, 6) is 0.247. The molecular formula is C16H21NO. The minimum atomic E-state index is 0.247. The van der Waals surface area contributed by atoms with Crippen molar-refractivity contribution in [3.63, 3.8) is 0 Å². The van der Waals surface area contributed by atoms with E-state index in [9.17, 15) is 4.79 Å². The Morgan fingerprint density at radius 2 is 1.89 bits per heavy atom. The van der Waals surface area contributed by atoms with Crippen molar-refractivity contribution < 1.29 is 4.79 Å². The van der Waals surface area contributed by atoms with E-state index in [0.29, 0.717) is 12.6 Å². The van der Waals surface area contributed by atoms with Gasteiger partial charge in [0.1, 0.15) is 0 Å². The zero-order chi connectivity index (χ0) is 12.4. The predicted molar refractivity (Wildman–Crippen MR) is 73.1 cm³/mol. The number of fused-ring (bicyclic) bond motifs is 1. The molecule has 0 radical (unpaired) electrons. The molecule has 0 spiro atoms. The molecule has 2 nitrogen and oxygen atoms in total. The lowest BCUT2D eigenvalue weighted by molar-refractivity contribution is 0.0987. The first-order valence-corrected chi connectivity index (χ1v) is 7.21. The van der Waals surface area contributed by atoms with Crippen molar-refractivity contribution in [2.24, 2.45) is 0 Å². The Bertz CT molecular complexity index is 446. The monoisotopic (exact) mass is 243 g/mol. The lowest BCUT2D eigenvalue weighted by Crippen LogP contribution is -2.31. The van der Waals surface area contributed by atoms with Crippen molar-refractivity contribution in [1.82, 2.24) is 5.32 Å². The molecule has 1 aromatic carbocycles. The number of benzene rings is 1. The second kappa shape index (κ2) is 5.23. The first kappa shape index (κ1) is 11.9. The van der Waals surface area contributed by atoms with Crippen LogP contribution in [-0.4, -0.2) is 18.4 Å². The minimum absolute atomic E-state index is 0.247. The van der Waals surface area contributed by atoms with Crippen molar-refractivity contribution in [2.75, 3.05) is 6.54 Å². The van der Waals surface area contributed by atoms with Gasteiger partial charge < -0.3 is 5.32 Å². The highest BCUT2D eigenvalue weighted by Crippen LogP contribution is 2.23. The molecule has 96 valence electrons. The van der Waals surface area contributed by atoms with Gasteiger partial charge in [0.25, 0.3) is 0 Å². The molecule has 0 aromatic heterocycles. The molecule has 0 unspecified atom stereocenters. The maximum atomic E-state index is 12.1. The van der Waals surface area contributed by atoms with Crippen LogP contribution in [0.2, 0.25) is 0 Å². The van der Waals surface area contributed by atoms with Gasteiger partial charge in [0, 0.05) is 11.6 Å². The van der Waals surface area contributed by atoms with E-state index in [1.165, 1.54) is 49.7 Å². The molecule has 18 heavy (non-hydrogen) atoms. The van der Waals surface area contributed by atoms with Gasteiger partial charge in [-0.15, -0.1) is 0 Å². The average Bonchev–Trinajstić information content (AvgIpc) is 3.05. The van der Waals surface area contributed by atoms with Gasteiger partial charge in [-0.25, -0.2) is 0 Å². The highest BCUT2D eigenvalue weighted by Gasteiger charge is 2.17. The molecule has 0 aliphatic heterocycles. The van der Waals surface area contributed by atoms with E-state index < -0.39 is 0 Å². The van der Waals surface area contributed by atoms with E-state index in [2.05, 4.69) is 17.4 Å². The SMILES string of the molecule is O=C(CNC1CCCC1)c1ccc2c(c1)CCC2. The number of carbonyl (C=O) groups is 1. The molecule has 0 saturated heterocycles. The standard InChI is InChI=1S/C16H21NO/c18-16(11-17-15-6-1-2-7-15)14-9-8-12-4-3-5-13(12)10-14/h8-10,15,17H,1-7,11H2. The van der Waals surface area contributed by atoms with Crippen LogP contribution in [0.15, 0.2) is 18.2 Å². The fourth-order valence-corrected chi connectivity index (χ4v) is 3.21. The van der Waals surface area contributed by atoms with Crippen LogP contribution in [0, 0.1) is 0 Å². The third kappa shape index (κ3) is 2.49. The molecular weight excluding hydrogens is 222 g/mol. The number of carbonyl (C=O) groups excluding carboxylic acids is 1. The Morgan fingerprint density at radius 1 is 1.11 bits per heavy atom. The number of hydrogen-bond acceptors (Lipinski definition) is 2. The van der Waals surface area contributed by atoms with E-state index in [1.54, 1.807) is 0 Å². The Hall–Kier alpha value is -1.15. The van der Waals surface area contributed by atoms with E-state index in [4.69, 9.17) is 0 Å². The number of ketones is 1. The second-order valence-corrected chi connectivity index (χ2v) is 5.62. The summed E-state index contributed by atoms with van der Waals surface area (Å²) in [7, 11) is 0. The summed E-state index contributed by atoms with van der Waals surface area (Å²) < 4.78 is 0. The summed E-state index contributed by atoms with van der Waals surface area (Å²) in [6, 6.07) is 6.83. The average molecular weight is 243 g/mol. The van der Waals surface area contributed by atoms with Gasteiger partial charge >= 0.3 is 0 Å². The van der Waals surface area contributed by atoms with Gasteiger partial charge in [-0.2, -0.15) is 0 Å². The molecule has 0 heterocycles. The van der Waals surface area contributed by atoms with Crippen molar-refractivity contribution in [2.45, 2.75) is 51.0 Å². The lowest BCUT2D eigenvalue weighted by Gasteiger charge is -2.11. The molecule has 1 aromatic rings. The molecule has 3 rings (SSSR count). The second-order valence-electron chi connectivity index (χ2n) is 5.62. The number of nitrogens with one attached hydrogen (secondary N) is 1. The summed E-state index contributed by atoms with van der Waals surface area (Å²) in [5, 5.41) is 3.40. The Kier molecular flexibility index (Phi) is 3.46. The van der Waals surface area contributed by atoms with Gasteiger partial charge in [0.2, 0.25) is 0 Å². The lowest BCUT2D eigenvalue weighted by atomic mass is 10.0. The normalized spacial score (nSPS) is 19.1. The van der Waals surface area contributed by atoms with Crippen LogP contribution < -0.4 is 5.32 Å². The topological polar surface area (TPSA) is 29.1 Å². The van der Waals surface area contributed by atoms with Crippen LogP contribution in [0.4, 0.5) is 0 Å². The largest absolute Gasteiger partial charge is 0.307 e. The summed E-state index contributed by atoms with van der Waals surface area (Å²) in [6.45, 7) is 0.503. The van der Waals surface area contributed by atoms with E-state index in [0.717, 1.165) is 12.0 Å². The van der Waals surface area contributed by atoms with Crippen LogP contribution in [0.25, 0.3) is 0 Å². The molecule has 1 N–H and O–H groups in total. The molecule has 2 aliphatic rings. The Morgan fingerprint density at radius 3 is 2.72 bits per heavy atom. The molecule has 2 heteroatoms. The van der Waals surface area contributed by atoms with Gasteiger partial charge in [-0.05, 0) is 49.3 Å².